The van der Waals surface area contributed by atoms with Gasteiger partial charge >= 0.3 is 0 Å². The maximum atomic E-state index is 2.23. The van der Waals surface area contributed by atoms with Gasteiger partial charge in [0.1, 0.15) is 0 Å². The summed E-state index contributed by atoms with van der Waals surface area (Å²) < 4.78 is 0. The van der Waals surface area contributed by atoms with Crippen LogP contribution in [0.25, 0.3) is 0 Å². The Labute approximate surface area is 71.3 Å². The van der Waals surface area contributed by atoms with Crippen molar-refractivity contribution < 1.29 is 21.1 Å². The first kappa shape index (κ1) is 9.17. The molecule has 0 aromatic rings. The van der Waals surface area contributed by atoms with Crippen molar-refractivity contribution in [3.63, 3.8) is 0 Å². The zero-order chi connectivity index (χ0) is 5.98. The molecule has 0 saturated heterocycles. The van der Waals surface area contributed by atoms with Gasteiger partial charge in [-0.05, 0) is 12.3 Å². The quantitative estimate of drug-likeness (QED) is 0.696. The van der Waals surface area contributed by atoms with Crippen molar-refractivity contribution in [2.75, 3.05) is 0 Å². The molecule has 0 aromatic heterocycles. The fraction of sp³-hybridized carbons (Fsp3) is 0.500. The molecule has 0 N–H and O–H groups in total. The van der Waals surface area contributed by atoms with Crippen LogP contribution in [0, 0.1) is 5.92 Å². The molecule has 0 spiro atoms. The first-order chi connectivity index (χ1) is 3.80. The second kappa shape index (κ2) is 4.06. The van der Waals surface area contributed by atoms with E-state index in [1.54, 1.807) is 5.57 Å². The second-order valence-corrected chi connectivity index (χ2v) is 2.53. The van der Waals surface area contributed by atoms with Gasteiger partial charge in [-0.15, -0.1) is 0 Å². The minimum absolute atomic E-state index is 0. The van der Waals surface area contributed by atoms with E-state index in [4.69, 9.17) is 0 Å². The van der Waals surface area contributed by atoms with E-state index in [1.807, 2.05) is 0 Å². The molecule has 1 aliphatic rings. The number of allylic oxidation sites excluding steroid dienone is 4. The van der Waals surface area contributed by atoms with Crippen LogP contribution >= 0.6 is 0 Å². The van der Waals surface area contributed by atoms with Gasteiger partial charge in [-0.3, -0.25) is 0 Å². The zero-order valence-corrected chi connectivity index (χ0v) is 8.86. The van der Waals surface area contributed by atoms with E-state index in [0.717, 1.165) is 5.92 Å². The van der Waals surface area contributed by atoms with E-state index >= 15 is 0 Å². The summed E-state index contributed by atoms with van der Waals surface area (Å²) in [5, 5.41) is 0. The van der Waals surface area contributed by atoms with Crippen molar-refractivity contribution in [2.45, 2.75) is 20.3 Å². The second-order valence-electron chi connectivity index (χ2n) is 2.53. The number of hydrogen-bond donors (Lipinski definition) is 0. The fourth-order valence-electron chi connectivity index (χ4n) is 0.892. The third-order valence-corrected chi connectivity index (χ3v) is 1.54. The first-order valence-corrected chi connectivity index (χ1v) is 3.16. The molecule has 1 aliphatic carbocycles. The van der Waals surface area contributed by atoms with Crippen LogP contribution in [0.3, 0.4) is 0 Å². The molecule has 0 amide bonds. The third kappa shape index (κ3) is 2.49. The molecule has 0 saturated carbocycles. The van der Waals surface area contributed by atoms with E-state index in [1.165, 1.54) is 6.42 Å². The van der Waals surface area contributed by atoms with Gasteiger partial charge in [-0.25, -0.2) is 0 Å². The number of rotatable bonds is 1. The zero-order valence-electron chi connectivity index (χ0n) is 5.92. The normalized spacial score (nSPS) is 15.7. The average Bonchev–Trinajstić information content (AvgIpc) is 2.12. The van der Waals surface area contributed by atoms with Crippen LogP contribution in [0.5, 0.6) is 0 Å². The first-order valence-electron chi connectivity index (χ1n) is 3.16. The molecule has 0 heterocycles. The van der Waals surface area contributed by atoms with Gasteiger partial charge in [-0.2, -0.15) is 0 Å². The minimum Gasteiger partial charge on any atom is -0.0805 e. The van der Waals surface area contributed by atoms with Crippen LogP contribution in [0.2, 0.25) is 0 Å². The summed E-state index contributed by atoms with van der Waals surface area (Å²) in [4.78, 5) is 0. The van der Waals surface area contributed by atoms with E-state index in [0.29, 0.717) is 0 Å². The smallest absolute Gasteiger partial charge is 0 e. The Morgan fingerprint density at radius 3 is 2.33 bits per heavy atom. The Morgan fingerprint density at radius 2 is 2.11 bits per heavy atom. The minimum atomic E-state index is 0. The maximum absolute atomic E-state index is 2.23. The third-order valence-electron chi connectivity index (χ3n) is 1.54. The largest absolute Gasteiger partial charge is 0.0805 e. The Balaban J connectivity index is 0.000000640. The van der Waals surface area contributed by atoms with Crippen molar-refractivity contribution in [3.8, 4) is 0 Å². The molecule has 9 heavy (non-hydrogen) atoms. The number of hydrogen-bond acceptors (Lipinski definition) is 0. The van der Waals surface area contributed by atoms with E-state index in [2.05, 4.69) is 32.1 Å². The van der Waals surface area contributed by atoms with Crippen LogP contribution < -0.4 is 0 Å². The molecule has 0 aliphatic heterocycles. The summed E-state index contributed by atoms with van der Waals surface area (Å²) in [6.45, 7) is 4.47. The Kier molecular flexibility index (Phi) is 4.14. The molecule has 1 heteroatoms. The van der Waals surface area contributed by atoms with Gasteiger partial charge in [-0.1, -0.05) is 37.6 Å². The molecule has 0 unspecified atom stereocenters. The summed E-state index contributed by atoms with van der Waals surface area (Å²) >= 11 is 0. The molecule has 0 aromatic carbocycles. The monoisotopic (exact) mass is 292 g/mol. The summed E-state index contributed by atoms with van der Waals surface area (Å²) in [6.07, 6.45) is 7.73. The van der Waals surface area contributed by atoms with Crippen molar-refractivity contribution in [3.05, 3.63) is 23.8 Å². The summed E-state index contributed by atoms with van der Waals surface area (Å²) in [6, 6.07) is 0. The molecule has 0 atom stereocenters. The SMILES string of the molecule is CC(C)C1=CC=CC1.[W]. The van der Waals surface area contributed by atoms with E-state index in [9.17, 15) is 0 Å². The molecule has 1 rings (SSSR count). The fourth-order valence-corrected chi connectivity index (χ4v) is 0.892. The maximum Gasteiger partial charge on any atom is 0 e. The average molecular weight is 292 g/mol. The van der Waals surface area contributed by atoms with Gasteiger partial charge < -0.3 is 0 Å². The Hall–Kier alpha value is 0.168. The van der Waals surface area contributed by atoms with Crippen molar-refractivity contribution in [1.29, 1.82) is 0 Å². The van der Waals surface area contributed by atoms with E-state index < -0.39 is 0 Å². The molecule has 0 nitrogen and oxygen atoms in total. The molecular formula is C8H12W. The van der Waals surface area contributed by atoms with Crippen LogP contribution in [-0.2, 0) is 21.1 Å². The van der Waals surface area contributed by atoms with Gasteiger partial charge in [0.15, 0.2) is 0 Å². The van der Waals surface area contributed by atoms with Crippen LogP contribution in [0.1, 0.15) is 20.3 Å². The molecule has 50 valence electrons. The van der Waals surface area contributed by atoms with Crippen molar-refractivity contribution >= 4 is 0 Å². The predicted molar refractivity (Wildman–Crippen MR) is 36.7 cm³/mol. The van der Waals surface area contributed by atoms with Crippen LogP contribution in [0.15, 0.2) is 23.8 Å². The predicted octanol–water partition coefficient (Wildman–Crippen LogP) is 2.53. The van der Waals surface area contributed by atoms with E-state index in [-0.39, 0.29) is 21.1 Å². The van der Waals surface area contributed by atoms with Crippen molar-refractivity contribution in [2.24, 2.45) is 5.92 Å². The van der Waals surface area contributed by atoms with Crippen LogP contribution in [0.4, 0.5) is 0 Å². The van der Waals surface area contributed by atoms with Gasteiger partial charge in [0, 0.05) is 21.1 Å². The van der Waals surface area contributed by atoms with Gasteiger partial charge in [0.25, 0.3) is 0 Å². The standard InChI is InChI=1S/C8H12.W/c1-7(2)8-5-3-4-6-8;/h3-5,7H,6H2,1-2H3;. The molecule has 0 radical (unpaired) electrons. The van der Waals surface area contributed by atoms with Crippen LogP contribution in [-0.4, -0.2) is 0 Å². The van der Waals surface area contributed by atoms with Gasteiger partial charge in [0.05, 0.1) is 0 Å². The van der Waals surface area contributed by atoms with Crippen molar-refractivity contribution in [1.82, 2.24) is 0 Å². The Bertz CT molecular complexity index is 132. The van der Waals surface area contributed by atoms with Gasteiger partial charge in [0.2, 0.25) is 0 Å². The topological polar surface area (TPSA) is 0 Å². The Morgan fingerprint density at radius 1 is 1.44 bits per heavy atom. The summed E-state index contributed by atoms with van der Waals surface area (Å²) in [7, 11) is 0. The molecule has 0 bridgehead atoms. The summed E-state index contributed by atoms with van der Waals surface area (Å²) in [5.74, 6) is 0.741. The molecular weight excluding hydrogens is 280 g/mol. The molecule has 0 fully saturated rings. The summed E-state index contributed by atoms with van der Waals surface area (Å²) in [5.41, 5.74) is 1.56.